The van der Waals surface area contributed by atoms with Crippen LogP contribution in [-0.2, 0) is 6.54 Å². The molecule has 0 atom stereocenters. The van der Waals surface area contributed by atoms with E-state index in [0.717, 1.165) is 5.56 Å². The molecule has 84 valence electrons. The molecule has 0 heterocycles. The van der Waals surface area contributed by atoms with E-state index in [0.29, 0.717) is 10.1 Å². The van der Waals surface area contributed by atoms with Crippen molar-refractivity contribution in [2.24, 2.45) is 5.73 Å². The van der Waals surface area contributed by atoms with Crippen molar-refractivity contribution in [3.8, 4) is 5.75 Å². The second-order valence-electron chi connectivity index (χ2n) is 2.87. The highest BCUT2D eigenvalue weighted by atomic mass is 127. The van der Waals surface area contributed by atoms with Gasteiger partial charge in [0, 0.05) is 6.54 Å². The van der Waals surface area contributed by atoms with Gasteiger partial charge in [-0.2, -0.15) is 13.2 Å². The van der Waals surface area contributed by atoms with Gasteiger partial charge in [-0.05, 0) is 40.3 Å². The molecule has 0 aliphatic rings. The van der Waals surface area contributed by atoms with Gasteiger partial charge in [0.15, 0.2) is 6.61 Å². The molecule has 0 fully saturated rings. The number of nitrogens with two attached hydrogens (primary N) is 1. The van der Waals surface area contributed by atoms with Crippen LogP contribution in [-0.4, -0.2) is 12.8 Å². The number of benzene rings is 1. The Morgan fingerprint density at radius 1 is 1.33 bits per heavy atom. The van der Waals surface area contributed by atoms with Gasteiger partial charge in [-0.25, -0.2) is 0 Å². The van der Waals surface area contributed by atoms with Gasteiger partial charge in [-0.15, -0.1) is 0 Å². The molecule has 0 unspecified atom stereocenters. The molecule has 0 amide bonds. The monoisotopic (exact) mass is 331 g/mol. The second kappa shape index (κ2) is 5.02. The van der Waals surface area contributed by atoms with Crippen molar-refractivity contribution in [3.63, 3.8) is 0 Å². The van der Waals surface area contributed by atoms with E-state index in [2.05, 4.69) is 4.74 Å². The summed E-state index contributed by atoms with van der Waals surface area (Å²) in [4.78, 5) is 0. The average Bonchev–Trinajstić information content (AvgIpc) is 2.14. The third-order valence-corrected chi connectivity index (χ3v) is 2.47. The minimum Gasteiger partial charge on any atom is -0.483 e. The Balaban J connectivity index is 2.70. The highest BCUT2D eigenvalue weighted by molar-refractivity contribution is 14.1. The average molecular weight is 331 g/mol. The summed E-state index contributed by atoms with van der Waals surface area (Å²) < 4.78 is 40.9. The maximum atomic E-state index is 11.9. The third-order valence-electron chi connectivity index (χ3n) is 1.62. The first-order valence-electron chi connectivity index (χ1n) is 4.10. The van der Waals surface area contributed by atoms with Crippen molar-refractivity contribution in [2.45, 2.75) is 12.7 Å². The largest absolute Gasteiger partial charge is 0.483 e. The number of rotatable bonds is 3. The van der Waals surface area contributed by atoms with Crippen LogP contribution in [0.3, 0.4) is 0 Å². The fraction of sp³-hybridized carbons (Fsp3) is 0.333. The number of halogens is 4. The van der Waals surface area contributed by atoms with Crippen LogP contribution in [0.1, 0.15) is 5.56 Å². The van der Waals surface area contributed by atoms with E-state index in [4.69, 9.17) is 5.73 Å². The molecule has 2 nitrogen and oxygen atoms in total. The quantitative estimate of drug-likeness (QED) is 0.865. The zero-order valence-corrected chi connectivity index (χ0v) is 9.80. The van der Waals surface area contributed by atoms with Gasteiger partial charge in [-0.3, -0.25) is 0 Å². The lowest BCUT2D eigenvalue weighted by Crippen LogP contribution is -2.19. The molecule has 0 radical (unpaired) electrons. The Kier molecular flexibility index (Phi) is 4.21. The van der Waals surface area contributed by atoms with Crippen LogP contribution in [0.2, 0.25) is 0 Å². The lowest BCUT2D eigenvalue weighted by molar-refractivity contribution is -0.153. The molecular formula is C9H9F3INO. The van der Waals surface area contributed by atoms with Gasteiger partial charge in [0.1, 0.15) is 5.75 Å². The first-order valence-corrected chi connectivity index (χ1v) is 5.18. The van der Waals surface area contributed by atoms with Crippen molar-refractivity contribution >= 4 is 22.6 Å². The standard InChI is InChI=1S/C9H9F3INO/c10-9(11,12)5-15-8-2-1-6(4-14)3-7(8)13/h1-3H,4-5,14H2. The summed E-state index contributed by atoms with van der Waals surface area (Å²) in [6, 6.07) is 4.84. The lowest BCUT2D eigenvalue weighted by atomic mass is 10.2. The van der Waals surface area contributed by atoms with Crippen LogP contribution in [0.15, 0.2) is 18.2 Å². The first-order chi connectivity index (χ1) is 6.92. The summed E-state index contributed by atoms with van der Waals surface area (Å²) in [7, 11) is 0. The van der Waals surface area contributed by atoms with E-state index in [1.54, 1.807) is 12.1 Å². The highest BCUT2D eigenvalue weighted by Gasteiger charge is 2.28. The van der Waals surface area contributed by atoms with Crippen LogP contribution in [0.25, 0.3) is 0 Å². The van der Waals surface area contributed by atoms with E-state index in [-0.39, 0.29) is 5.75 Å². The number of hydrogen-bond acceptors (Lipinski definition) is 2. The topological polar surface area (TPSA) is 35.2 Å². The highest BCUT2D eigenvalue weighted by Crippen LogP contribution is 2.24. The van der Waals surface area contributed by atoms with E-state index in [1.165, 1.54) is 6.07 Å². The van der Waals surface area contributed by atoms with Crippen LogP contribution in [0.5, 0.6) is 5.75 Å². The van der Waals surface area contributed by atoms with Gasteiger partial charge >= 0.3 is 6.18 Å². The Morgan fingerprint density at radius 2 is 2.00 bits per heavy atom. The van der Waals surface area contributed by atoms with Crippen LogP contribution in [0.4, 0.5) is 13.2 Å². The Morgan fingerprint density at radius 3 is 2.47 bits per heavy atom. The molecule has 1 rings (SSSR count). The van der Waals surface area contributed by atoms with Crippen LogP contribution < -0.4 is 10.5 Å². The molecule has 0 saturated carbocycles. The molecular weight excluding hydrogens is 322 g/mol. The Labute approximate surface area is 98.7 Å². The minimum atomic E-state index is -4.31. The minimum absolute atomic E-state index is 0.227. The molecule has 1 aromatic carbocycles. The molecule has 0 saturated heterocycles. The van der Waals surface area contributed by atoms with Crippen molar-refractivity contribution in [2.75, 3.05) is 6.61 Å². The molecule has 0 aromatic heterocycles. The predicted molar refractivity (Wildman–Crippen MR) is 58.6 cm³/mol. The Hall–Kier alpha value is -0.500. The molecule has 0 spiro atoms. The smallest absolute Gasteiger partial charge is 0.422 e. The van der Waals surface area contributed by atoms with Gasteiger partial charge in [-0.1, -0.05) is 6.07 Å². The van der Waals surface area contributed by atoms with Gasteiger partial charge < -0.3 is 10.5 Å². The molecule has 0 aliphatic heterocycles. The van der Waals surface area contributed by atoms with Gasteiger partial charge in [0.25, 0.3) is 0 Å². The van der Waals surface area contributed by atoms with E-state index >= 15 is 0 Å². The van der Waals surface area contributed by atoms with Crippen molar-refractivity contribution in [1.29, 1.82) is 0 Å². The maximum absolute atomic E-state index is 11.9. The zero-order chi connectivity index (χ0) is 11.5. The maximum Gasteiger partial charge on any atom is 0.422 e. The summed E-state index contributed by atoms with van der Waals surface area (Å²) in [5, 5.41) is 0. The second-order valence-corrected chi connectivity index (χ2v) is 4.03. The number of ether oxygens (including phenoxy) is 1. The summed E-state index contributed by atoms with van der Waals surface area (Å²) >= 11 is 1.91. The van der Waals surface area contributed by atoms with E-state index in [9.17, 15) is 13.2 Å². The summed E-state index contributed by atoms with van der Waals surface area (Å²) in [6.07, 6.45) is -4.31. The fourth-order valence-corrected chi connectivity index (χ4v) is 1.68. The Bertz CT molecular complexity index is 341. The summed E-state index contributed by atoms with van der Waals surface area (Å²) in [5.74, 6) is 0.227. The SMILES string of the molecule is NCc1ccc(OCC(F)(F)F)c(I)c1. The van der Waals surface area contributed by atoms with Crippen LogP contribution in [0, 0.1) is 3.57 Å². The molecule has 0 bridgehead atoms. The van der Waals surface area contributed by atoms with Gasteiger partial charge in [0.2, 0.25) is 0 Å². The lowest BCUT2D eigenvalue weighted by Gasteiger charge is -2.11. The fourth-order valence-electron chi connectivity index (χ4n) is 0.948. The van der Waals surface area contributed by atoms with E-state index < -0.39 is 12.8 Å². The number of hydrogen-bond donors (Lipinski definition) is 1. The predicted octanol–water partition coefficient (Wildman–Crippen LogP) is 2.69. The normalized spacial score (nSPS) is 11.5. The molecule has 15 heavy (non-hydrogen) atoms. The number of alkyl halides is 3. The molecule has 2 N–H and O–H groups in total. The van der Waals surface area contributed by atoms with Crippen LogP contribution >= 0.6 is 22.6 Å². The third kappa shape index (κ3) is 4.25. The van der Waals surface area contributed by atoms with Crippen molar-refractivity contribution in [1.82, 2.24) is 0 Å². The molecule has 6 heteroatoms. The van der Waals surface area contributed by atoms with Gasteiger partial charge in [0.05, 0.1) is 3.57 Å². The molecule has 0 aliphatic carbocycles. The zero-order valence-electron chi connectivity index (χ0n) is 7.64. The summed E-state index contributed by atoms with van der Waals surface area (Å²) in [6.45, 7) is -0.916. The van der Waals surface area contributed by atoms with Crippen molar-refractivity contribution in [3.05, 3.63) is 27.3 Å². The van der Waals surface area contributed by atoms with Crippen molar-refractivity contribution < 1.29 is 17.9 Å². The first kappa shape index (κ1) is 12.6. The van der Waals surface area contributed by atoms with E-state index in [1.807, 2.05) is 22.6 Å². The summed E-state index contributed by atoms with van der Waals surface area (Å²) in [5.41, 5.74) is 6.25. The molecule has 1 aromatic rings.